The van der Waals surface area contributed by atoms with E-state index >= 15 is 0 Å². The Morgan fingerprint density at radius 1 is 1.21 bits per heavy atom. The van der Waals surface area contributed by atoms with E-state index in [1.54, 1.807) is 6.20 Å². The van der Waals surface area contributed by atoms with Crippen LogP contribution in [0.25, 0.3) is 11.9 Å². The first-order valence-electron chi connectivity index (χ1n) is 14.5. The second kappa shape index (κ2) is 8.77. The van der Waals surface area contributed by atoms with Gasteiger partial charge in [-0.3, -0.25) is 9.59 Å². The van der Waals surface area contributed by atoms with E-state index in [9.17, 15) is 14.7 Å². The van der Waals surface area contributed by atoms with Crippen molar-refractivity contribution in [2.75, 3.05) is 0 Å². The lowest BCUT2D eigenvalue weighted by molar-refractivity contribution is -0.196. The lowest BCUT2D eigenvalue weighted by Crippen LogP contribution is -2.62. The van der Waals surface area contributed by atoms with Gasteiger partial charge in [0.1, 0.15) is 0 Å². The number of aromatic nitrogens is 3. The largest absolute Gasteiger partial charge is 0.449 e. The number of allylic oxidation sites excluding steroid dienone is 1. The van der Waals surface area contributed by atoms with Crippen molar-refractivity contribution in [1.29, 1.82) is 0 Å². The molecule has 2 heterocycles. The predicted octanol–water partition coefficient (Wildman–Crippen LogP) is 4.96. The van der Waals surface area contributed by atoms with Crippen molar-refractivity contribution < 1.29 is 19.4 Å². The van der Waals surface area contributed by atoms with E-state index in [4.69, 9.17) is 4.74 Å². The number of rotatable bonds is 5. The normalized spacial score (nSPS) is 38.6. The first kappa shape index (κ1) is 25.5. The molecule has 7 atom stereocenters. The second-order valence-corrected chi connectivity index (χ2v) is 13.6. The van der Waals surface area contributed by atoms with E-state index < -0.39 is 17.1 Å². The van der Waals surface area contributed by atoms with Crippen LogP contribution in [0.5, 0.6) is 0 Å². The Hall–Kier alpha value is -2.45. The zero-order valence-corrected chi connectivity index (χ0v) is 23.6. The first-order chi connectivity index (χ1) is 18.7. The van der Waals surface area contributed by atoms with Gasteiger partial charge >= 0.3 is 5.97 Å². The lowest BCUT2D eigenvalue weighted by atomic mass is 9.45. The third-order valence-electron chi connectivity index (χ3n) is 11.2. The molecule has 4 saturated carbocycles. The molecular weight excluding hydrogens is 510 g/mol. The van der Waals surface area contributed by atoms with Crippen molar-refractivity contribution in [3.05, 3.63) is 47.4 Å². The number of thiol groups is 1. The third kappa shape index (κ3) is 3.66. The SMILES string of the molecule is C[C@]12Cc3cnn(-c4ccccn4)c3C=C1CC[C@@H]1[C@@H]2[C@@H](O)C[C@@]2(C)[C@H]1CC[C@]2(OC(=O)CC1CC1)C(=O)S. The van der Waals surface area contributed by atoms with E-state index in [2.05, 4.69) is 42.6 Å². The van der Waals surface area contributed by atoms with E-state index in [0.29, 0.717) is 25.2 Å². The van der Waals surface area contributed by atoms with Crippen LogP contribution in [0.2, 0.25) is 0 Å². The van der Waals surface area contributed by atoms with Gasteiger partial charge in [-0.15, -0.1) is 12.6 Å². The monoisotopic (exact) mass is 547 g/mol. The molecule has 7 nitrogen and oxygen atoms in total. The van der Waals surface area contributed by atoms with Crippen molar-refractivity contribution in [3.8, 4) is 5.82 Å². The number of carbonyl (C=O) groups is 2. The van der Waals surface area contributed by atoms with Crippen LogP contribution in [-0.4, -0.2) is 42.7 Å². The molecule has 0 unspecified atom stereocenters. The average Bonchev–Trinajstić information content (AvgIpc) is 3.54. The van der Waals surface area contributed by atoms with Gasteiger partial charge in [0.05, 0.1) is 18.0 Å². The fraction of sp³-hybridized carbons (Fsp3) is 0.613. The molecule has 0 saturated heterocycles. The summed E-state index contributed by atoms with van der Waals surface area (Å²) in [7, 11) is 0. The minimum absolute atomic E-state index is 0.0647. The summed E-state index contributed by atoms with van der Waals surface area (Å²) in [6.45, 7) is 4.39. The van der Waals surface area contributed by atoms with Crippen LogP contribution in [0.1, 0.15) is 76.5 Å². The van der Waals surface area contributed by atoms with Crippen LogP contribution in [-0.2, 0) is 20.7 Å². The standard InChI is InChI=1S/C31H37N3O4S/c1-29-15-19-17-33-34(25-5-3-4-12-32-25)23(19)14-20(29)8-9-21-22-10-11-31(28(37)39,38-26(36)13-18-6-7-18)30(22,2)16-24(35)27(21)29/h3-5,12,14,17-18,21-22,24,27,35H,6-11,13,15-16H2,1-2H3,(H,37,39)/t21-,22-,24-,27+,29-,30-,31-/m0/s1. The van der Waals surface area contributed by atoms with E-state index in [0.717, 1.165) is 50.0 Å². The highest BCUT2D eigenvalue weighted by Gasteiger charge is 2.70. The molecule has 2 aromatic rings. The van der Waals surface area contributed by atoms with Gasteiger partial charge in [-0.25, -0.2) is 9.67 Å². The summed E-state index contributed by atoms with van der Waals surface area (Å²) in [5.41, 5.74) is 1.52. The van der Waals surface area contributed by atoms with Gasteiger partial charge in [0, 0.05) is 18.0 Å². The van der Waals surface area contributed by atoms with Crippen molar-refractivity contribution in [2.45, 2.75) is 83.3 Å². The average molecular weight is 548 g/mol. The Bertz CT molecular complexity index is 1370. The quantitative estimate of drug-likeness (QED) is 0.406. The molecule has 0 radical (unpaired) electrons. The Morgan fingerprint density at radius 3 is 2.74 bits per heavy atom. The Morgan fingerprint density at radius 2 is 2.03 bits per heavy atom. The number of nitrogens with zero attached hydrogens (tertiary/aromatic N) is 3. The summed E-state index contributed by atoms with van der Waals surface area (Å²) in [5.74, 6) is 1.39. The number of pyridine rings is 1. The highest BCUT2D eigenvalue weighted by atomic mass is 32.1. The number of aliphatic hydroxyl groups excluding tert-OH is 1. The molecule has 5 aliphatic carbocycles. The molecule has 7 rings (SSSR count). The number of hydrogen-bond donors (Lipinski definition) is 2. The molecule has 2 aromatic heterocycles. The van der Waals surface area contributed by atoms with E-state index in [1.807, 2.05) is 29.1 Å². The zero-order chi connectivity index (χ0) is 27.2. The van der Waals surface area contributed by atoms with Gasteiger partial charge in [0.25, 0.3) is 0 Å². The van der Waals surface area contributed by atoms with Crippen molar-refractivity contribution in [3.63, 3.8) is 0 Å². The van der Waals surface area contributed by atoms with E-state index in [-0.39, 0.29) is 34.3 Å². The van der Waals surface area contributed by atoms with Crippen LogP contribution in [0.15, 0.2) is 36.2 Å². The van der Waals surface area contributed by atoms with Crippen LogP contribution in [0.4, 0.5) is 0 Å². The first-order valence-corrected chi connectivity index (χ1v) is 14.9. The Kier molecular flexibility index (Phi) is 5.74. The Balaban J connectivity index is 1.21. The summed E-state index contributed by atoms with van der Waals surface area (Å²) in [6.07, 6.45) is 12.3. The summed E-state index contributed by atoms with van der Waals surface area (Å²) < 4.78 is 8.05. The molecule has 0 aromatic carbocycles. The van der Waals surface area contributed by atoms with Gasteiger partial charge in [-0.1, -0.05) is 25.5 Å². The van der Waals surface area contributed by atoms with Gasteiger partial charge in [-0.05, 0) is 104 Å². The molecule has 8 heteroatoms. The van der Waals surface area contributed by atoms with Crippen molar-refractivity contribution in [2.24, 2.45) is 34.5 Å². The molecule has 4 fully saturated rings. The molecule has 0 bridgehead atoms. The number of aliphatic hydroxyl groups is 1. The maximum absolute atomic E-state index is 13.2. The maximum Gasteiger partial charge on any atom is 0.307 e. The second-order valence-electron chi connectivity index (χ2n) is 13.2. The molecule has 0 amide bonds. The molecule has 0 aliphatic heterocycles. The molecule has 1 N–H and O–H groups in total. The van der Waals surface area contributed by atoms with Gasteiger partial charge in [0.2, 0.25) is 5.12 Å². The van der Waals surface area contributed by atoms with Crippen LogP contribution >= 0.6 is 12.6 Å². The number of esters is 1. The highest BCUT2D eigenvalue weighted by molar-refractivity contribution is 7.96. The van der Waals surface area contributed by atoms with Crippen LogP contribution < -0.4 is 0 Å². The van der Waals surface area contributed by atoms with Crippen molar-refractivity contribution >= 4 is 29.8 Å². The minimum atomic E-state index is -1.26. The molecule has 5 aliphatic rings. The van der Waals surface area contributed by atoms with Crippen LogP contribution in [0.3, 0.4) is 0 Å². The summed E-state index contributed by atoms with van der Waals surface area (Å²) in [6, 6.07) is 5.84. The zero-order valence-electron chi connectivity index (χ0n) is 22.7. The lowest BCUT2D eigenvalue weighted by Gasteiger charge is -2.60. The summed E-state index contributed by atoms with van der Waals surface area (Å²) >= 11 is 4.31. The number of carbonyl (C=O) groups excluding carboxylic acids is 2. The smallest absolute Gasteiger partial charge is 0.307 e. The van der Waals surface area contributed by atoms with E-state index in [1.165, 1.54) is 11.1 Å². The van der Waals surface area contributed by atoms with Gasteiger partial charge in [0.15, 0.2) is 11.4 Å². The van der Waals surface area contributed by atoms with Gasteiger partial charge in [-0.2, -0.15) is 5.10 Å². The molecule has 206 valence electrons. The number of fused-ring (bicyclic) bond motifs is 6. The summed E-state index contributed by atoms with van der Waals surface area (Å²) in [5, 5.41) is 16.2. The molecule has 39 heavy (non-hydrogen) atoms. The molecular formula is C31H37N3O4S. The summed E-state index contributed by atoms with van der Waals surface area (Å²) in [4.78, 5) is 30.6. The highest BCUT2D eigenvalue weighted by Crippen LogP contribution is 2.68. The number of ether oxygens (including phenoxy) is 1. The third-order valence-corrected chi connectivity index (χ3v) is 11.6. The fourth-order valence-corrected chi connectivity index (χ4v) is 9.60. The van der Waals surface area contributed by atoms with Gasteiger partial charge < -0.3 is 9.84 Å². The predicted molar refractivity (Wildman–Crippen MR) is 149 cm³/mol. The Labute approximate surface area is 234 Å². The maximum atomic E-state index is 13.2. The van der Waals surface area contributed by atoms with Crippen LogP contribution in [0, 0.1) is 34.5 Å². The molecule has 0 spiro atoms. The fourth-order valence-electron chi connectivity index (χ4n) is 9.19. The van der Waals surface area contributed by atoms with Crippen molar-refractivity contribution in [1.82, 2.24) is 14.8 Å². The topological polar surface area (TPSA) is 94.3 Å². The minimum Gasteiger partial charge on any atom is -0.449 e. The number of hydrogen-bond acceptors (Lipinski definition) is 6.